The predicted molar refractivity (Wildman–Crippen MR) is 113 cm³/mol. The van der Waals surface area contributed by atoms with E-state index < -0.39 is 23.4 Å². The Morgan fingerprint density at radius 3 is 2.10 bits per heavy atom. The van der Waals surface area contributed by atoms with Crippen molar-refractivity contribution < 1.29 is 24.2 Å². The summed E-state index contributed by atoms with van der Waals surface area (Å²) < 4.78 is 10.7. The van der Waals surface area contributed by atoms with Crippen molar-refractivity contribution in [1.29, 1.82) is 0 Å². The molecule has 0 aliphatic heterocycles. The van der Waals surface area contributed by atoms with Gasteiger partial charge in [-0.2, -0.15) is 0 Å². The predicted octanol–water partition coefficient (Wildman–Crippen LogP) is 3.87. The molecule has 0 aliphatic carbocycles. The number of aliphatic hydroxyl groups is 1. The van der Waals surface area contributed by atoms with Crippen LogP contribution >= 0.6 is 0 Å². The highest BCUT2D eigenvalue weighted by atomic mass is 16.6. The van der Waals surface area contributed by atoms with Crippen LogP contribution in [-0.2, 0) is 22.4 Å². The molecule has 29 heavy (non-hydrogen) atoms. The number of amides is 2. The number of carbonyl (C=O) groups is 2. The van der Waals surface area contributed by atoms with Gasteiger partial charge in [0.2, 0.25) is 0 Å². The number of aliphatic hydroxyl groups excluding tert-OH is 1. The topological polar surface area (TPSA) is 88.1 Å². The zero-order valence-corrected chi connectivity index (χ0v) is 18.6. The van der Waals surface area contributed by atoms with Gasteiger partial charge in [0.1, 0.15) is 11.2 Å². The fourth-order valence-corrected chi connectivity index (χ4v) is 2.59. The van der Waals surface area contributed by atoms with Crippen LogP contribution in [0.25, 0.3) is 0 Å². The van der Waals surface area contributed by atoms with E-state index in [4.69, 9.17) is 14.6 Å². The minimum Gasteiger partial charge on any atom is -0.444 e. The second-order valence-corrected chi connectivity index (χ2v) is 8.92. The van der Waals surface area contributed by atoms with Crippen molar-refractivity contribution in [2.75, 3.05) is 19.7 Å². The lowest BCUT2D eigenvalue weighted by Crippen LogP contribution is -2.39. The van der Waals surface area contributed by atoms with Crippen molar-refractivity contribution in [3.8, 4) is 0 Å². The van der Waals surface area contributed by atoms with Gasteiger partial charge in [-0.1, -0.05) is 24.3 Å². The number of nitrogens with one attached hydrogen (secondary N) is 1. The van der Waals surface area contributed by atoms with E-state index >= 15 is 0 Å². The molecule has 1 rings (SSSR count). The summed E-state index contributed by atoms with van der Waals surface area (Å²) in [5, 5.41) is 11.9. The van der Waals surface area contributed by atoms with Gasteiger partial charge < -0.3 is 24.8 Å². The van der Waals surface area contributed by atoms with E-state index in [1.165, 1.54) is 0 Å². The monoisotopic (exact) mass is 408 g/mol. The van der Waals surface area contributed by atoms with Crippen LogP contribution in [0, 0.1) is 0 Å². The first-order chi connectivity index (χ1) is 13.4. The Labute approximate surface area is 174 Å². The molecule has 0 unspecified atom stereocenters. The molecule has 0 aliphatic rings. The number of rotatable bonds is 8. The Balaban J connectivity index is 2.75. The van der Waals surface area contributed by atoms with Crippen molar-refractivity contribution in [1.82, 2.24) is 10.2 Å². The molecule has 164 valence electrons. The third-order valence-electron chi connectivity index (χ3n) is 3.83. The van der Waals surface area contributed by atoms with Gasteiger partial charge in [0.15, 0.2) is 0 Å². The van der Waals surface area contributed by atoms with E-state index in [-0.39, 0.29) is 6.61 Å². The van der Waals surface area contributed by atoms with Gasteiger partial charge in [-0.15, -0.1) is 0 Å². The molecule has 0 spiro atoms. The zero-order chi connectivity index (χ0) is 22.1. The van der Waals surface area contributed by atoms with E-state index in [2.05, 4.69) is 5.32 Å². The first kappa shape index (κ1) is 24.8. The highest BCUT2D eigenvalue weighted by Gasteiger charge is 2.22. The largest absolute Gasteiger partial charge is 0.444 e. The van der Waals surface area contributed by atoms with Gasteiger partial charge in [-0.05, 0) is 65.5 Å². The number of carbonyl (C=O) groups excluding carboxylic acids is 2. The summed E-state index contributed by atoms with van der Waals surface area (Å²) in [6, 6.07) is 7.76. The molecule has 7 heteroatoms. The van der Waals surface area contributed by atoms with Crippen LogP contribution in [0.5, 0.6) is 0 Å². The highest BCUT2D eigenvalue weighted by molar-refractivity contribution is 5.68. The molecule has 1 aromatic rings. The lowest BCUT2D eigenvalue weighted by Gasteiger charge is -2.27. The molecule has 7 nitrogen and oxygen atoms in total. The quantitative estimate of drug-likeness (QED) is 0.682. The Kier molecular flexibility index (Phi) is 9.43. The molecule has 0 saturated carbocycles. The third-order valence-corrected chi connectivity index (χ3v) is 3.83. The minimum absolute atomic E-state index is 0.00962. The second-order valence-electron chi connectivity index (χ2n) is 8.92. The molecule has 0 bridgehead atoms. The lowest BCUT2D eigenvalue weighted by atomic mass is 10.0. The van der Waals surface area contributed by atoms with E-state index in [1.54, 1.807) is 4.90 Å². The summed E-state index contributed by atoms with van der Waals surface area (Å²) in [6.07, 6.45) is 0.235. The number of alkyl carbamates (subject to hydrolysis) is 1. The first-order valence-corrected chi connectivity index (χ1v) is 10.0. The zero-order valence-electron chi connectivity index (χ0n) is 18.6. The number of nitrogens with zero attached hydrogens (tertiary/aromatic N) is 1. The molecule has 2 amide bonds. The number of hydrogen-bond donors (Lipinski definition) is 2. The SMILES string of the molecule is CC(C)(C)OC(=O)NCc1ccccc1CCN(CCCO)C(=O)OC(C)(C)C. The van der Waals surface area contributed by atoms with E-state index in [0.717, 1.165) is 11.1 Å². The Morgan fingerprint density at radius 2 is 1.55 bits per heavy atom. The smallest absolute Gasteiger partial charge is 0.410 e. The van der Waals surface area contributed by atoms with Crippen LogP contribution in [0.4, 0.5) is 9.59 Å². The molecule has 0 fully saturated rings. The molecule has 0 heterocycles. The molecule has 0 saturated heterocycles. The van der Waals surface area contributed by atoms with Crippen molar-refractivity contribution in [2.45, 2.75) is 72.1 Å². The average Bonchev–Trinajstić information content (AvgIpc) is 2.57. The Hall–Kier alpha value is -2.28. The molecule has 0 atom stereocenters. The minimum atomic E-state index is -0.580. The third kappa shape index (κ3) is 10.7. The maximum Gasteiger partial charge on any atom is 0.410 e. The fraction of sp³-hybridized carbons (Fsp3) is 0.636. The number of ether oxygens (including phenoxy) is 2. The van der Waals surface area contributed by atoms with Crippen LogP contribution in [-0.4, -0.2) is 53.1 Å². The van der Waals surface area contributed by atoms with Gasteiger partial charge in [0.25, 0.3) is 0 Å². The van der Waals surface area contributed by atoms with Gasteiger partial charge >= 0.3 is 12.2 Å². The van der Waals surface area contributed by atoms with Crippen LogP contribution in [0.15, 0.2) is 24.3 Å². The van der Waals surface area contributed by atoms with Crippen LogP contribution in [0.1, 0.15) is 59.1 Å². The number of hydrogen-bond acceptors (Lipinski definition) is 5. The molecule has 1 aromatic carbocycles. The normalized spacial score (nSPS) is 11.7. The number of benzene rings is 1. The molecule has 2 N–H and O–H groups in total. The molecule has 0 radical (unpaired) electrons. The fourth-order valence-electron chi connectivity index (χ4n) is 2.59. The van der Waals surface area contributed by atoms with E-state index in [9.17, 15) is 9.59 Å². The maximum absolute atomic E-state index is 12.5. The van der Waals surface area contributed by atoms with Crippen LogP contribution in [0.3, 0.4) is 0 Å². The van der Waals surface area contributed by atoms with Gasteiger partial charge in [-0.3, -0.25) is 0 Å². The average molecular weight is 409 g/mol. The Morgan fingerprint density at radius 1 is 0.966 bits per heavy atom. The van der Waals surface area contributed by atoms with E-state index in [1.807, 2.05) is 65.8 Å². The van der Waals surface area contributed by atoms with Gasteiger partial charge in [0, 0.05) is 26.2 Å². The summed E-state index contributed by atoms with van der Waals surface area (Å²) in [5.74, 6) is 0. The summed E-state index contributed by atoms with van der Waals surface area (Å²) >= 11 is 0. The lowest BCUT2D eigenvalue weighted by molar-refractivity contribution is 0.0242. The molecular weight excluding hydrogens is 372 g/mol. The summed E-state index contributed by atoms with van der Waals surface area (Å²) in [6.45, 7) is 12.2. The highest BCUT2D eigenvalue weighted by Crippen LogP contribution is 2.14. The Bertz CT molecular complexity index is 662. The standard InChI is InChI=1S/C22H36N2O5/c1-21(2,3)28-19(26)23-16-18-11-8-7-10-17(18)12-14-24(13-9-15-25)20(27)29-22(4,5)6/h7-8,10-11,25H,9,12-16H2,1-6H3,(H,23,26). The van der Waals surface area contributed by atoms with Crippen molar-refractivity contribution in [3.63, 3.8) is 0 Å². The van der Waals surface area contributed by atoms with Crippen LogP contribution < -0.4 is 5.32 Å². The van der Waals surface area contributed by atoms with Crippen molar-refractivity contribution in [3.05, 3.63) is 35.4 Å². The second kappa shape index (κ2) is 11.0. The van der Waals surface area contributed by atoms with E-state index in [0.29, 0.717) is 32.5 Å². The molecule has 0 aromatic heterocycles. The summed E-state index contributed by atoms with van der Waals surface area (Å²) in [4.78, 5) is 26.0. The van der Waals surface area contributed by atoms with Crippen molar-refractivity contribution in [2.24, 2.45) is 0 Å². The summed E-state index contributed by atoms with van der Waals surface area (Å²) in [5.41, 5.74) is 0.861. The maximum atomic E-state index is 12.5. The van der Waals surface area contributed by atoms with Crippen molar-refractivity contribution >= 4 is 12.2 Å². The van der Waals surface area contributed by atoms with Crippen LogP contribution in [0.2, 0.25) is 0 Å². The first-order valence-electron chi connectivity index (χ1n) is 10.0. The molecular formula is C22H36N2O5. The summed E-state index contributed by atoms with van der Waals surface area (Å²) in [7, 11) is 0. The van der Waals surface area contributed by atoms with Gasteiger partial charge in [0.05, 0.1) is 0 Å². The van der Waals surface area contributed by atoms with Gasteiger partial charge in [-0.25, -0.2) is 9.59 Å².